The molecule has 2 heterocycles. The number of rotatable bonds is 6. The largest absolute Gasteiger partial charge is 0.350 e. The third-order valence-corrected chi connectivity index (χ3v) is 7.15. The zero-order valence-corrected chi connectivity index (χ0v) is 19.5. The molecule has 0 radical (unpaired) electrons. The summed E-state index contributed by atoms with van der Waals surface area (Å²) in [6.07, 6.45) is 2.47. The summed E-state index contributed by atoms with van der Waals surface area (Å²) in [4.78, 5) is 21.4. The second-order valence-electron chi connectivity index (χ2n) is 8.36. The predicted octanol–water partition coefficient (Wildman–Crippen LogP) is 5.89. The van der Waals surface area contributed by atoms with Crippen molar-refractivity contribution in [1.29, 1.82) is 0 Å². The number of carbonyl (C=O) groups excluding carboxylic acids is 1. The molecule has 0 bridgehead atoms. The van der Waals surface area contributed by atoms with Crippen LogP contribution in [0.1, 0.15) is 37.0 Å². The molecule has 6 heteroatoms. The Morgan fingerprint density at radius 1 is 1.19 bits per heavy atom. The van der Waals surface area contributed by atoms with Gasteiger partial charge in [0.1, 0.15) is 5.03 Å². The second-order valence-corrected chi connectivity index (χ2v) is 9.89. The maximum Gasteiger partial charge on any atom is 0.252 e. The normalized spacial score (nSPS) is 16.4. The van der Waals surface area contributed by atoms with Gasteiger partial charge in [0.05, 0.1) is 11.1 Å². The Kier molecular flexibility index (Phi) is 7.16. The van der Waals surface area contributed by atoms with Crippen LogP contribution in [0.15, 0.2) is 64.5 Å². The molecule has 2 aromatic carbocycles. The van der Waals surface area contributed by atoms with E-state index in [2.05, 4.69) is 24.1 Å². The summed E-state index contributed by atoms with van der Waals surface area (Å²) in [5, 5.41) is 5.54. The third-order valence-electron chi connectivity index (χ3n) is 5.97. The minimum absolute atomic E-state index is 0.0474. The highest BCUT2D eigenvalue weighted by atomic mass is 35.5. The van der Waals surface area contributed by atoms with E-state index < -0.39 is 0 Å². The molecule has 1 fully saturated rings. The van der Waals surface area contributed by atoms with E-state index in [0.717, 1.165) is 39.8 Å². The van der Waals surface area contributed by atoms with E-state index in [1.54, 1.807) is 0 Å². The number of para-hydroxylation sites is 1. The van der Waals surface area contributed by atoms with E-state index in [1.807, 2.05) is 54.6 Å². The summed E-state index contributed by atoms with van der Waals surface area (Å²) < 4.78 is 0. The number of carbonyl (C=O) groups is 1. The molecule has 4 rings (SSSR count). The van der Waals surface area contributed by atoms with Gasteiger partial charge in [-0.25, -0.2) is 4.98 Å². The highest BCUT2D eigenvalue weighted by Gasteiger charge is 2.21. The molecule has 0 unspecified atom stereocenters. The zero-order valence-electron chi connectivity index (χ0n) is 18.0. The number of hydrogen-bond acceptors (Lipinski definition) is 4. The van der Waals surface area contributed by atoms with Gasteiger partial charge in [-0.15, -0.1) is 0 Å². The maximum atomic E-state index is 13.2. The van der Waals surface area contributed by atoms with Crippen LogP contribution in [0.4, 0.5) is 0 Å². The number of halogens is 1. The van der Waals surface area contributed by atoms with Crippen LogP contribution in [0.5, 0.6) is 0 Å². The maximum absolute atomic E-state index is 13.2. The number of fused-ring (bicyclic) bond motifs is 1. The number of amides is 1. The molecule has 0 spiro atoms. The van der Waals surface area contributed by atoms with Gasteiger partial charge < -0.3 is 5.32 Å². The minimum Gasteiger partial charge on any atom is -0.350 e. The Hall–Kier alpha value is -2.08. The number of likely N-dealkylation sites (tertiary alicyclic amines) is 1. The lowest BCUT2D eigenvalue weighted by Crippen LogP contribution is -2.45. The number of nitrogens with one attached hydrogen (secondary N) is 1. The summed E-state index contributed by atoms with van der Waals surface area (Å²) in [6, 6.07) is 17.7. The lowest BCUT2D eigenvalue weighted by atomic mass is 9.98. The van der Waals surface area contributed by atoms with Crippen molar-refractivity contribution in [3.8, 4) is 0 Å². The minimum atomic E-state index is -0.0474. The lowest BCUT2D eigenvalue weighted by molar-refractivity contribution is 0.0923. The molecule has 31 heavy (non-hydrogen) atoms. The monoisotopic (exact) mass is 453 g/mol. The van der Waals surface area contributed by atoms with Gasteiger partial charge in [-0.2, -0.15) is 0 Å². The van der Waals surface area contributed by atoms with Crippen molar-refractivity contribution in [2.45, 2.75) is 42.7 Å². The molecule has 162 valence electrons. The van der Waals surface area contributed by atoms with Crippen LogP contribution in [0, 0.1) is 5.92 Å². The summed E-state index contributed by atoms with van der Waals surface area (Å²) in [6.45, 7) is 7.38. The lowest BCUT2D eigenvalue weighted by Gasteiger charge is -2.35. The van der Waals surface area contributed by atoms with Crippen molar-refractivity contribution >= 4 is 40.2 Å². The Morgan fingerprint density at radius 2 is 1.90 bits per heavy atom. The van der Waals surface area contributed by atoms with Crippen LogP contribution in [-0.2, 0) is 0 Å². The number of hydrogen-bond donors (Lipinski definition) is 1. The number of piperidine rings is 1. The second kappa shape index (κ2) is 10.0. The molecule has 0 saturated carbocycles. The molecule has 1 N–H and O–H groups in total. The molecular formula is C25H28ClN3OS. The Morgan fingerprint density at radius 3 is 2.65 bits per heavy atom. The Labute approximate surface area is 193 Å². The quantitative estimate of drug-likeness (QED) is 0.505. The van der Waals surface area contributed by atoms with Gasteiger partial charge in [-0.3, -0.25) is 9.69 Å². The van der Waals surface area contributed by atoms with E-state index >= 15 is 0 Å². The van der Waals surface area contributed by atoms with Gasteiger partial charge in [-0.1, -0.05) is 48.5 Å². The average molecular weight is 454 g/mol. The van der Waals surface area contributed by atoms with Crippen molar-refractivity contribution in [2.24, 2.45) is 5.92 Å². The van der Waals surface area contributed by atoms with E-state index in [9.17, 15) is 4.79 Å². The smallest absolute Gasteiger partial charge is 0.252 e. The summed E-state index contributed by atoms with van der Waals surface area (Å²) in [5.74, 6) is 0.756. The van der Waals surface area contributed by atoms with Crippen LogP contribution in [-0.4, -0.2) is 41.5 Å². The number of benzene rings is 2. The van der Waals surface area contributed by atoms with Crippen LogP contribution in [0.2, 0.25) is 5.02 Å². The van der Waals surface area contributed by atoms with Crippen molar-refractivity contribution in [3.05, 3.63) is 65.2 Å². The molecule has 4 nitrogen and oxygen atoms in total. The molecular weight excluding hydrogens is 426 g/mol. The summed E-state index contributed by atoms with van der Waals surface area (Å²) in [7, 11) is 0. The van der Waals surface area contributed by atoms with Crippen molar-refractivity contribution < 1.29 is 4.79 Å². The molecule has 1 saturated heterocycles. The van der Waals surface area contributed by atoms with E-state index in [1.165, 1.54) is 24.6 Å². The molecule has 1 aliphatic heterocycles. The van der Waals surface area contributed by atoms with Gasteiger partial charge in [0.15, 0.2) is 0 Å². The standard InChI is InChI=1S/C25H28ClN3OS/c1-17-11-13-29(14-12-17)18(2)16-27-25(30)22-15-24(28-23-6-4-3-5-21(22)23)31-20-9-7-19(26)8-10-20/h3-10,15,17-18H,11-14,16H2,1-2H3,(H,27,30)/t18-/m1/s1. The number of aromatic nitrogens is 1. The van der Waals surface area contributed by atoms with Crippen molar-refractivity contribution in [3.63, 3.8) is 0 Å². The molecule has 1 amide bonds. The first kappa shape index (κ1) is 22.1. The van der Waals surface area contributed by atoms with E-state index in [0.29, 0.717) is 23.2 Å². The Bertz CT molecular complexity index is 1050. The third kappa shape index (κ3) is 5.59. The highest BCUT2D eigenvalue weighted by Crippen LogP contribution is 2.30. The average Bonchev–Trinajstić information content (AvgIpc) is 2.78. The van der Waals surface area contributed by atoms with E-state index in [-0.39, 0.29) is 5.91 Å². The van der Waals surface area contributed by atoms with E-state index in [4.69, 9.17) is 16.6 Å². The molecule has 1 aromatic heterocycles. The number of pyridine rings is 1. The van der Waals surface area contributed by atoms with Gasteiger partial charge in [0, 0.05) is 27.9 Å². The predicted molar refractivity (Wildman–Crippen MR) is 129 cm³/mol. The summed E-state index contributed by atoms with van der Waals surface area (Å²) in [5.41, 5.74) is 1.49. The topological polar surface area (TPSA) is 45.2 Å². The highest BCUT2D eigenvalue weighted by molar-refractivity contribution is 7.99. The van der Waals surface area contributed by atoms with Gasteiger partial charge in [0.25, 0.3) is 5.91 Å². The first-order chi connectivity index (χ1) is 15.0. The fourth-order valence-electron chi connectivity index (χ4n) is 3.95. The zero-order chi connectivity index (χ0) is 21.8. The van der Waals surface area contributed by atoms with Crippen LogP contribution in [0.3, 0.4) is 0 Å². The molecule has 0 aliphatic carbocycles. The van der Waals surface area contributed by atoms with Crippen LogP contribution < -0.4 is 5.32 Å². The fourth-order valence-corrected chi connectivity index (χ4v) is 4.91. The van der Waals surface area contributed by atoms with Crippen molar-refractivity contribution in [2.75, 3.05) is 19.6 Å². The van der Waals surface area contributed by atoms with Crippen LogP contribution in [0.25, 0.3) is 10.9 Å². The van der Waals surface area contributed by atoms with Gasteiger partial charge in [-0.05, 0) is 75.2 Å². The van der Waals surface area contributed by atoms with Gasteiger partial charge >= 0.3 is 0 Å². The first-order valence-corrected chi connectivity index (χ1v) is 12.0. The SMILES string of the molecule is CC1CCN([C@H](C)CNC(=O)c2cc(Sc3ccc(Cl)cc3)nc3ccccc23)CC1. The summed E-state index contributed by atoms with van der Waals surface area (Å²) >= 11 is 7.53. The fraction of sp³-hybridized carbons (Fsp3) is 0.360. The molecule has 3 aromatic rings. The number of nitrogens with zero attached hydrogens (tertiary/aromatic N) is 2. The van der Waals surface area contributed by atoms with Gasteiger partial charge in [0.2, 0.25) is 0 Å². The first-order valence-electron chi connectivity index (χ1n) is 10.8. The Balaban J connectivity index is 1.51. The van der Waals surface area contributed by atoms with Crippen LogP contribution >= 0.6 is 23.4 Å². The molecule has 1 aliphatic rings. The molecule has 1 atom stereocenters. The van der Waals surface area contributed by atoms with Crippen molar-refractivity contribution in [1.82, 2.24) is 15.2 Å².